The first kappa shape index (κ1) is 16.5. The largest absolute Gasteiger partial charge is 0.366 e. The van der Waals surface area contributed by atoms with Crippen LogP contribution in [-0.4, -0.2) is 27.1 Å². The average Bonchev–Trinajstić information content (AvgIpc) is 3.16. The normalized spacial score (nSPS) is 10.9. The summed E-state index contributed by atoms with van der Waals surface area (Å²) in [6.45, 7) is 2.82. The summed E-state index contributed by atoms with van der Waals surface area (Å²) in [5.41, 5.74) is 7.58. The first-order valence-electron chi connectivity index (χ1n) is 7.35. The van der Waals surface area contributed by atoms with Gasteiger partial charge in [0.15, 0.2) is 5.16 Å². The van der Waals surface area contributed by atoms with Crippen LogP contribution in [0.1, 0.15) is 17.3 Å². The van der Waals surface area contributed by atoms with Crippen LogP contribution in [0.5, 0.6) is 0 Å². The number of thiophene rings is 1. The zero-order valence-corrected chi connectivity index (χ0v) is 14.6. The Kier molecular flexibility index (Phi) is 4.86. The first-order chi connectivity index (χ1) is 11.6. The first-order valence-corrected chi connectivity index (χ1v) is 9.22. The van der Waals surface area contributed by atoms with Crippen molar-refractivity contribution < 1.29 is 9.59 Å². The Morgan fingerprint density at radius 1 is 1.33 bits per heavy atom. The van der Waals surface area contributed by atoms with E-state index in [1.807, 2.05) is 31.2 Å². The highest BCUT2D eigenvalue weighted by Gasteiger charge is 2.15. The van der Waals surface area contributed by atoms with E-state index < -0.39 is 5.91 Å². The van der Waals surface area contributed by atoms with Gasteiger partial charge in [-0.2, -0.15) is 0 Å². The molecule has 2 heterocycles. The molecule has 0 aliphatic heterocycles. The molecule has 3 N–H and O–H groups in total. The molecule has 1 aromatic carbocycles. The van der Waals surface area contributed by atoms with Crippen LogP contribution >= 0.6 is 23.1 Å². The van der Waals surface area contributed by atoms with E-state index in [9.17, 15) is 9.59 Å². The van der Waals surface area contributed by atoms with Gasteiger partial charge in [0, 0.05) is 6.54 Å². The molecule has 0 bridgehead atoms. The molecular formula is C16H16N4O2S2. The monoisotopic (exact) mass is 360 g/mol. The quantitative estimate of drug-likeness (QED) is 0.661. The molecule has 0 saturated heterocycles. The Bertz CT molecular complexity index is 901. The third-order valence-electron chi connectivity index (χ3n) is 3.45. The lowest BCUT2D eigenvalue weighted by atomic mass is 10.3. The minimum Gasteiger partial charge on any atom is -0.366 e. The van der Waals surface area contributed by atoms with E-state index in [4.69, 9.17) is 5.73 Å². The third-order valence-corrected chi connectivity index (χ3v) is 5.26. The average molecular weight is 360 g/mol. The van der Waals surface area contributed by atoms with Gasteiger partial charge in [-0.15, -0.1) is 11.3 Å². The highest BCUT2D eigenvalue weighted by atomic mass is 32.2. The van der Waals surface area contributed by atoms with Crippen LogP contribution < -0.4 is 11.1 Å². The number of primary amides is 1. The van der Waals surface area contributed by atoms with Gasteiger partial charge in [0.05, 0.1) is 22.3 Å². The summed E-state index contributed by atoms with van der Waals surface area (Å²) < 4.78 is 2.08. The molecule has 6 nitrogen and oxygen atoms in total. The molecule has 0 saturated carbocycles. The molecule has 0 radical (unpaired) electrons. The van der Waals surface area contributed by atoms with E-state index >= 15 is 0 Å². The summed E-state index contributed by atoms with van der Waals surface area (Å²) in [6.07, 6.45) is 0. The molecule has 3 rings (SSSR count). The van der Waals surface area contributed by atoms with Crippen LogP contribution in [0.3, 0.4) is 0 Å². The number of aromatic nitrogens is 2. The van der Waals surface area contributed by atoms with Crippen LogP contribution in [0.2, 0.25) is 0 Å². The number of hydrogen-bond acceptors (Lipinski definition) is 5. The number of fused-ring (bicyclic) bond motifs is 1. The molecule has 0 fully saturated rings. The van der Waals surface area contributed by atoms with Gasteiger partial charge in [0.25, 0.3) is 5.91 Å². The second-order valence-corrected chi connectivity index (χ2v) is 6.85. The molecular weight excluding hydrogens is 344 g/mol. The summed E-state index contributed by atoms with van der Waals surface area (Å²) in [5.74, 6) is -0.536. The summed E-state index contributed by atoms with van der Waals surface area (Å²) in [6, 6.07) is 9.49. The van der Waals surface area contributed by atoms with Crippen LogP contribution in [0.4, 0.5) is 5.00 Å². The van der Waals surface area contributed by atoms with Crippen LogP contribution in [-0.2, 0) is 11.3 Å². The molecule has 8 heteroatoms. The summed E-state index contributed by atoms with van der Waals surface area (Å²) in [5, 5.41) is 5.74. The van der Waals surface area contributed by atoms with E-state index in [0.717, 1.165) is 22.7 Å². The zero-order valence-electron chi connectivity index (χ0n) is 13.0. The number of carbonyl (C=O) groups excluding carboxylic acids is 2. The lowest BCUT2D eigenvalue weighted by Gasteiger charge is -2.06. The molecule has 24 heavy (non-hydrogen) atoms. The lowest BCUT2D eigenvalue weighted by Crippen LogP contribution is -2.18. The van der Waals surface area contributed by atoms with Crippen molar-refractivity contribution in [3.8, 4) is 0 Å². The Morgan fingerprint density at radius 2 is 2.12 bits per heavy atom. The van der Waals surface area contributed by atoms with Gasteiger partial charge in [-0.1, -0.05) is 23.9 Å². The van der Waals surface area contributed by atoms with Crippen molar-refractivity contribution in [3.05, 3.63) is 41.3 Å². The number of carbonyl (C=O) groups is 2. The van der Waals surface area contributed by atoms with Gasteiger partial charge in [-0.25, -0.2) is 4.98 Å². The van der Waals surface area contributed by atoms with Crippen LogP contribution in [0.15, 0.2) is 40.9 Å². The number of para-hydroxylation sites is 2. The number of anilines is 1. The minimum absolute atomic E-state index is 0.195. The molecule has 0 unspecified atom stereocenters. The number of imidazole rings is 1. The van der Waals surface area contributed by atoms with Gasteiger partial charge < -0.3 is 15.6 Å². The van der Waals surface area contributed by atoms with E-state index in [1.54, 1.807) is 11.4 Å². The Labute approximate surface area is 147 Å². The molecule has 124 valence electrons. The highest BCUT2D eigenvalue weighted by molar-refractivity contribution is 7.99. The van der Waals surface area contributed by atoms with Gasteiger partial charge in [0.1, 0.15) is 5.00 Å². The number of nitrogens with zero attached hydrogens (tertiary/aromatic N) is 2. The molecule has 0 aliphatic rings. The van der Waals surface area contributed by atoms with E-state index in [2.05, 4.69) is 14.9 Å². The Morgan fingerprint density at radius 3 is 2.88 bits per heavy atom. The summed E-state index contributed by atoms with van der Waals surface area (Å²) in [4.78, 5) is 28.0. The van der Waals surface area contributed by atoms with Crippen molar-refractivity contribution in [1.29, 1.82) is 0 Å². The maximum absolute atomic E-state index is 12.2. The van der Waals surface area contributed by atoms with Crippen molar-refractivity contribution in [2.24, 2.45) is 5.73 Å². The summed E-state index contributed by atoms with van der Waals surface area (Å²) in [7, 11) is 0. The smallest absolute Gasteiger partial charge is 0.251 e. The predicted molar refractivity (Wildman–Crippen MR) is 97.6 cm³/mol. The van der Waals surface area contributed by atoms with Crippen molar-refractivity contribution in [2.45, 2.75) is 18.6 Å². The van der Waals surface area contributed by atoms with E-state index in [1.165, 1.54) is 23.1 Å². The maximum atomic E-state index is 12.2. The Hall–Kier alpha value is -2.32. The minimum atomic E-state index is -0.549. The zero-order chi connectivity index (χ0) is 17.1. The fourth-order valence-corrected chi connectivity index (χ4v) is 4.05. The lowest BCUT2D eigenvalue weighted by molar-refractivity contribution is -0.113. The summed E-state index contributed by atoms with van der Waals surface area (Å²) >= 11 is 2.65. The number of nitrogens with one attached hydrogen (secondary N) is 1. The van der Waals surface area contributed by atoms with Crippen molar-refractivity contribution in [1.82, 2.24) is 9.55 Å². The van der Waals surface area contributed by atoms with Gasteiger partial charge in [-0.05, 0) is 30.5 Å². The SMILES string of the molecule is CCn1c(SCC(=O)Nc2sccc2C(N)=O)nc2ccccc21. The standard InChI is InChI=1S/C16H16N4O2S2/c1-2-20-12-6-4-3-5-11(12)18-16(20)24-9-13(21)19-15-10(14(17)22)7-8-23-15/h3-8H,2,9H2,1H3,(H2,17,22)(H,19,21). The van der Waals surface area contributed by atoms with E-state index in [0.29, 0.717) is 10.6 Å². The number of thioether (sulfide) groups is 1. The second-order valence-electron chi connectivity index (χ2n) is 4.99. The predicted octanol–water partition coefficient (Wildman–Crippen LogP) is 2.95. The van der Waals surface area contributed by atoms with Gasteiger partial charge >= 0.3 is 0 Å². The van der Waals surface area contributed by atoms with Gasteiger partial charge in [0.2, 0.25) is 5.91 Å². The number of aryl methyl sites for hydroxylation is 1. The third kappa shape index (κ3) is 3.29. The molecule has 0 aliphatic carbocycles. The fourth-order valence-electron chi connectivity index (χ4n) is 2.36. The fraction of sp³-hybridized carbons (Fsp3) is 0.188. The molecule has 3 aromatic rings. The van der Waals surface area contributed by atoms with E-state index in [-0.39, 0.29) is 11.7 Å². The molecule has 0 spiro atoms. The maximum Gasteiger partial charge on any atom is 0.251 e. The van der Waals surface area contributed by atoms with Crippen LogP contribution in [0.25, 0.3) is 11.0 Å². The highest BCUT2D eigenvalue weighted by Crippen LogP contribution is 2.26. The number of amides is 2. The molecule has 2 amide bonds. The molecule has 2 aromatic heterocycles. The molecule has 0 atom stereocenters. The number of rotatable bonds is 6. The van der Waals surface area contributed by atoms with Crippen molar-refractivity contribution in [3.63, 3.8) is 0 Å². The van der Waals surface area contributed by atoms with Gasteiger partial charge in [-0.3, -0.25) is 9.59 Å². The van der Waals surface area contributed by atoms with Crippen molar-refractivity contribution in [2.75, 3.05) is 11.1 Å². The number of nitrogens with two attached hydrogens (primary N) is 1. The number of benzene rings is 1. The topological polar surface area (TPSA) is 90.0 Å². The second kappa shape index (κ2) is 7.06. The number of hydrogen-bond donors (Lipinski definition) is 2. The Balaban J connectivity index is 1.70. The van der Waals surface area contributed by atoms with Crippen LogP contribution in [0, 0.1) is 0 Å². The van der Waals surface area contributed by atoms with Crippen molar-refractivity contribution >= 4 is 50.9 Å².